The number of hydrogen-bond acceptors (Lipinski definition) is 5. The third-order valence-electron chi connectivity index (χ3n) is 4.16. The molecule has 28 heavy (non-hydrogen) atoms. The first-order valence-corrected chi connectivity index (χ1v) is 8.11. The van der Waals surface area contributed by atoms with Crippen LogP contribution >= 0.6 is 0 Å². The van der Waals surface area contributed by atoms with E-state index in [1.807, 2.05) is 0 Å². The van der Waals surface area contributed by atoms with Crippen LogP contribution in [0.15, 0.2) is 58.1 Å². The largest absolute Gasteiger partial charge is 0.439 e. The van der Waals surface area contributed by atoms with E-state index >= 15 is 0 Å². The predicted octanol–water partition coefficient (Wildman–Crippen LogP) is 2.12. The Morgan fingerprint density at radius 3 is 2.04 bits per heavy atom. The van der Waals surface area contributed by atoms with Gasteiger partial charge in [0.15, 0.2) is 11.3 Å². The molecule has 3 rings (SSSR count). The number of benzene rings is 2. The fourth-order valence-corrected chi connectivity index (χ4v) is 2.59. The van der Waals surface area contributed by atoms with Crippen LogP contribution in [0.2, 0.25) is 0 Å². The van der Waals surface area contributed by atoms with Gasteiger partial charge in [-0.3, -0.25) is 18.7 Å². The van der Waals surface area contributed by atoms with Crippen LogP contribution < -0.4 is 16.0 Å². The molecule has 140 valence electrons. The molecular weight excluding hydrogens is 365 g/mol. The normalized spacial score (nSPS) is 10.4. The number of carbonyl (C=O) groups excluding carboxylic acids is 1. The lowest BCUT2D eigenvalue weighted by atomic mass is 10.0. The second kappa shape index (κ2) is 7.32. The molecule has 0 fully saturated rings. The lowest BCUT2D eigenvalue weighted by molar-refractivity contribution is 0.103. The first kappa shape index (κ1) is 18.8. The number of carbonyl (C=O) groups is 1. The number of nitrogens with zero attached hydrogens (tertiary/aromatic N) is 3. The Kier molecular flexibility index (Phi) is 4.92. The Morgan fingerprint density at radius 2 is 1.50 bits per heavy atom. The molecule has 0 amide bonds. The Morgan fingerprint density at radius 1 is 0.964 bits per heavy atom. The topological polar surface area (TPSA) is 94.1 Å². The summed E-state index contributed by atoms with van der Waals surface area (Å²) < 4.78 is 20.4. The molecule has 8 heteroatoms. The van der Waals surface area contributed by atoms with Gasteiger partial charge in [-0.25, -0.2) is 9.18 Å². The van der Waals surface area contributed by atoms with E-state index in [9.17, 15) is 24.0 Å². The zero-order valence-corrected chi connectivity index (χ0v) is 15.0. The molecule has 0 aliphatic heterocycles. The van der Waals surface area contributed by atoms with Gasteiger partial charge in [-0.05, 0) is 48.5 Å². The highest BCUT2D eigenvalue weighted by Crippen LogP contribution is 2.23. The lowest BCUT2D eigenvalue weighted by Crippen LogP contribution is -2.38. The highest BCUT2D eigenvalue weighted by atomic mass is 19.1. The second-order valence-electron chi connectivity index (χ2n) is 5.96. The molecule has 1 aromatic heterocycles. The summed E-state index contributed by atoms with van der Waals surface area (Å²) in [6.45, 7) is 0. The van der Waals surface area contributed by atoms with Gasteiger partial charge < -0.3 is 4.74 Å². The van der Waals surface area contributed by atoms with Crippen LogP contribution in [0.1, 0.15) is 21.5 Å². The number of ether oxygens (including phenoxy) is 1. The average Bonchev–Trinajstić information content (AvgIpc) is 2.71. The summed E-state index contributed by atoms with van der Waals surface area (Å²) in [5, 5.41) is 9.25. The van der Waals surface area contributed by atoms with Gasteiger partial charge in [-0.2, -0.15) is 5.26 Å². The predicted molar refractivity (Wildman–Crippen MR) is 98.0 cm³/mol. The van der Waals surface area contributed by atoms with Crippen molar-refractivity contribution >= 4 is 5.78 Å². The van der Waals surface area contributed by atoms with Gasteiger partial charge in [0, 0.05) is 25.2 Å². The van der Waals surface area contributed by atoms with Crippen LogP contribution in [0.3, 0.4) is 0 Å². The molecule has 0 radical (unpaired) electrons. The van der Waals surface area contributed by atoms with Crippen molar-refractivity contribution in [3.05, 3.63) is 91.9 Å². The van der Waals surface area contributed by atoms with Gasteiger partial charge in [0.25, 0.3) is 5.56 Å². The maximum absolute atomic E-state index is 13.0. The van der Waals surface area contributed by atoms with E-state index < -0.39 is 17.1 Å². The first-order valence-electron chi connectivity index (χ1n) is 8.11. The molecular formula is C20H14FN3O4. The van der Waals surface area contributed by atoms with Crippen molar-refractivity contribution in [3.8, 4) is 17.7 Å². The van der Waals surface area contributed by atoms with Crippen molar-refractivity contribution in [1.82, 2.24) is 9.13 Å². The van der Waals surface area contributed by atoms with Gasteiger partial charge in [-0.15, -0.1) is 0 Å². The molecule has 0 aliphatic carbocycles. The minimum atomic E-state index is -0.760. The average molecular weight is 379 g/mol. The van der Waals surface area contributed by atoms with Gasteiger partial charge in [0.05, 0.1) is 0 Å². The van der Waals surface area contributed by atoms with Gasteiger partial charge in [-0.1, -0.05) is 0 Å². The fraction of sp³-hybridized carbons (Fsp3) is 0.100. The third kappa shape index (κ3) is 3.33. The van der Waals surface area contributed by atoms with Crippen molar-refractivity contribution in [3.63, 3.8) is 0 Å². The Labute approximate surface area is 158 Å². The van der Waals surface area contributed by atoms with E-state index in [4.69, 9.17) is 4.74 Å². The van der Waals surface area contributed by atoms with Crippen molar-refractivity contribution in [2.45, 2.75) is 0 Å². The van der Waals surface area contributed by atoms with E-state index in [-0.39, 0.29) is 23.0 Å². The van der Waals surface area contributed by atoms with E-state index in [2.05, 4.69) is 0 Å². The number of nitriles is 1. The van der Waals surface area contributed by atoms with Crippen molar-refractivity contribution < 1.29 is 13.9 Å². The Hall–Kier alpha value is -3.99. The highest BCUT2D eigenvalue weighted by molar-refractivity contribution is 6.09. The van der Waals surface area contributed by atoms with Crippen LogP contribution in [-0.4, -0.2) is 14.9 Å². The number of halogens is 1. The SMILES string of the molecule is Cn1c(Oc2ccc(C(=O)c3ccc(F)cc3)cc2)c(C#N)c(=O)n(C)c1=O. The lowest BCUT2D eigenvalue weighted by Gasteiger charge is -2.12. The van der Waals surface area contributed by atoms with Gasteiger partial charge in [0.2, 0.25) is 5.88 Å². The molecule has 2 aromatic carbocycles. The monoisotopic (exact) mass is 379 g/mol. The molecule has 1 heterocycles. The molecule has 0 unspecified atom stereocenters. The number of ketones is 1. The van der Waals surface area contributed by atoms with E-state index in [1.54, 1.807) is 6.07 Å². The van der Waals surface area contributed by atoms with Crippen molar-refractivity contribution in [1.29, 1.82) is 5.26 Å². The third-order valence-corrected chi connectivity index (χ3v) is 4.16. The van der Waals surface area contributed by atoms with Crippen LogP contribution in [-0.2, 0) is 14.1 Å². The van der Waals surface area contributed by atoms with Crippen LogP contribution in [0.5, 0.6) is 11.6 Å². The summed E-state index contributed by atoms with van der Waals surface area (Å²) in [4.78, 5) is 36.6. The van der Waals surface area contributed by atoms with E-state index in [1.165, 1.54) is 62.6 Å². The molecule has 0 saturated carbocycles. The minimum absolute atomic E-state index is 0.187. The summed E-state index contributed by atoms with van der Waals surface area (Å²) in [6.07, 6.45) is 0. The zero-order chi connectivity index (χ0) is 20.4. The standard InChI is InChI=1S/C20H14FN3O4/c1-23-18(26)16(11-22)19(24(2)20(23)27)28-15-9-5-13(6-10-15)17(25)12-3-7-14(21)8-4-12/h3-10H,1-2H3. The molecule has 7 nitrogen and oxygen atoms in total. The van der Waals surface area contributed by atoms with Crippen LogP contribution in [0, 0.1) is 17.1 Å². The maximum Gasteiger partial charge on any atom is 0.333 e. The molecule has 0 bridgehead atoms. The summed E-state index contributed by atoms with van der Waals surface area (Å²) >= 11 is 0. The second-order valence-corrected chi connectivity index (χ2v) is 5.96. The maximum atomic E-state index is 13.0. The molecule has 0 aliphatic rings. The van der Waals surface area contributed by atoms with Crippen LogP contribution in [0.4, 0.5) is 4.39 Å². The smallest absolute Gasteiger partial charge is 0.333 e. The van der Waals surface area contributed by atoms with Crippen molar-refractivity contribution in [2.24, 2.45) is 14.1 Å². The van der Waals surface area contributed by atoms with Gasteiger partial charge in [0.1, 0.15) is 17.6 Å². The minimum Gasteiger partial charge on any atom is -0.439 e. The number of rotatable bonds is 4. The fourth-order valence-electron chi connectivity index (χ4n) is 2.59. The highest BCUT2D eigenvalue weighted by Gasteiger charge is 2.18. The van der Waals surface area contributed by atoms with Crippen molar-refractivity contribution in [2.75, 3.05) is 0 Å². The quantitative estimate of drug-likeness (QED) is 0.647. The molecule has 3 aromatic rings. The Balaban J connectivity index is 1.93. The number of aromatic nitrogens is 2. The molecule has 0 atom stereocenters. The summed E-state index contributed by atoms with van der Waals surface area (Å²) in [5.41, 5.74) is -1.03. The number of hydrogen-bond donors (Lipinski definition) is 0. The van der Waals surface area contributed by atoms with E-state index in [0.717, 1.165) is 9.13 Å². The summed E-state index contributed by atoms with van der Waals surface area (Å²) in [5.74, 6) is -0.693. The first-order chi connectivity index (χ1) is 13.3. The van der Waals surface area contributed by atoms with Gasteiger partial charge >= 0.3 is 5.69 Å². The molecule has 0 spiro atoms. The zero-order valence-electron chi connectivity index (χ0n) is 15.0. The summed E-state index contributed by atoms with van der Waals surface area (Å²) in [6, 6.07) is 12.8. The van der Waals surface area contributed by atoms with E-state index in [0.29, 0.717) is 11.1 Å². The van der Waals surface area contributed by atoms with Crippen LogP contribution in [0.25, 0.3) is 0 Å². The molecule has 0 saturated heterocycles. The molecule has 0 N–H and O–H groups in total. The Bertz CT molecular complexity index is 1220. The summed E-state index contributed by atoms with van der Waals surface area (Å²) in [7, 11) is 2.65.